The van der Waals surface area contributed by atoms with Crippen LogP contribution in [0.4, 0.5) is 0 Å². The first-order chi connectivity index (χ1) is 9.54. The highest BCUT2D eigenvalue weighted by Gasteiger charge is 2.10. The number of amides is 1. The molecule has 1 unspecified atom stereocenters. The maximum Gasteiger partial charge on any atom is 0.251 e. The molecule has 0 aliphatic carbocycles. The first kappa shape index (κ1) is 16.7. The molecule has 112 valence electrons. The first-order valence-electron chi connectivity index (χ1n) is 7.30. The molecule has 4 heteroatoms. The minimum absolute atomic E-state index is 0.0222. The second kappa shape index (κ2) is 8.72. The molecule has 0 fully saturated rings. The molecule has 0 aliphatic rings. The third kappa shape index (κ3) is 5.72. The Morgan fingerprint density at radius 1 is 1.20 bits per heavy atom. The zero-order valence-electron chi connectivity index (χ0n) is 12.8. The number of carbonyl (C=O) groups excluding carboxylic acids is 1. The van der Waals surface area contributed by atoms with E-state index < -0.39 is 0 Å². The summed E-state index contributed by atoms with van der Waals surface area (Å²) < 4.78 is 0. The van der Waals surface area contributed by atoms with Crippen LogP contribution in [0.15, 0.2) is 24.3 Å². The molecule has 0 radical (unpaired) electrons. The van der Waals surface area contributed by atoms with Gasteiger partial charge in [-0.2, -0.15) is 0 Å². The Morgan fingerprint density at radius 3 is 2.40 bits per heavy atom. The predicted octanol–water partition coefficient (Wildman–Crippen LogP) is 1.55. The Kier molecular flexibility index (Phi) is 7.26. The maximum absolute atomic E-state index is 11.9. The third-order valence-corrected chi connectivity index (χ3v) is 3.55. The highest BCUT2D eigenvalue weighted by molar-refractivity contribution is 5.94. The van der Waals surface area contributed by atoms with E-state index in [1.54, 1.807) is 0 Å². The number of carbonyl (C=O) groups is 1. The van der Waals surface area contributed by atoms with Gasteiger partial charge in [-0.05, 0) is 44.0 Å². The SMILES string of the molecule is Cc1ccc(C(=O)NCCNCC(CN)C(C)C)cc1. The normalized spacial score (nSPS) is 12.4. The average molecular weight is 277 g/mol. The van der Waals surface area contributed by atoms with Crippen LogP contribution in [0.25, 0.3) is 0 Å². The Labute approximate surface area is 122 Å². The summed E-state index contributed by atoms with van der Waals surface area (Å²) in [5, 5.41) is 6.25. The molecule has 1 atom stereocenters. The van der Waals surface area contributed by atoms with Crippen LogP contribution in [0.1, 0.15) is 29.8 Å². The lowest BCUT2D eigenvalue weighted by molar-refractivity contribution is 0.0953. The van der Waals surface area contributed by atoms with E-state index >= 15 is 0 Å². The summed E-state index contributed by atoms with van der Waals surface area (Å²) >= 11 is 0. The van der Waals surface area contributed by atoms with E-state index in [1.807, 2.05) is 31.2 Å². The van der Waals surface area contributed by atoms with Crippen molar-refractivity contribution in [2.24, 2.45) is 17.6 Å². The maximum atomic E-state index is 11.9. The zero-order chi connectivity index (χ0) is 15.0. The molecular weight excluding hydrogens is 250 g/mol. The number of hydrogen-bond acceptors (Lipinski definition) is 3. The molecular formula is C16H27N3O. The smallest absolute Gasteiger partial charge is 0.251 e. The standard InChI is InChI=1S/C16H27N3O/c1-12(2)15(10-17)11-18-8-9-19-16(20)14-6-4-13(3)5-7-14/h4-7,12,15,18H,8-11,17H2,1-3H3,(H,19,20). The molecule has 1 rings (SSSR count). The van der Waals surface area contributed by atoms with Crippen LogP contribution in [0, 0.1) is 18.8 Å². The lowest BCUT2D eigenvalue weighted by Gasteiger charge is -2.19. The Morgan fingerprint density at radius 2 is 1.85 bits per heavy atom. The molecule has 0 heterocycles. The van der Waals surface area contributed by atoms with E-state index in [0.29, 0.717) is 30.5 Å². The zero-order valence-corrected chi connectivity index (χ0v) is 12.8. The number of nitrogens with one attached hydrogen (secondary N) is 2. The number of nitrogens with two attached hydrogens (primary N) is 1. The summed E-state index contributed by atoms with van der Waals surface area (Å²) in [4.78, 5) is 11.9. The average Bonchev–Trinajstić information content (AvgIpc) is 2.42. The summed E-state index contributed by atoms with van der Waals surface area (Å²) in [6.07, 6.45) is 0. The highest BCUT2D eigenvalue weighted by Crippen LogP contribution is 2.07. The third-order valence-electron chi connectivity index (χ3n) is 3.55. The number of hydrogen-bond donors (Lipinski definition) is 3. The van der Waals surface area contributed by atoms with Crippen molar-refractivity contribution in [1.29, 1.82) is 0 Å². The Balaban J connectivity index is 2.21. The van der Waals surface area contributed by atoms with Gasteiger partial charge in [0.2, 0.25) is 0 Å². The van der Waals surface area contributed by atoms with Crippen molar-refractivity contribution < 1.29 is 4.79 Å². The van der Waals surface area contributed by atoms with E-state index in [4.69, 9.17) is 5.73 Å². The molecule has 0 spiro atoms. The molecule has 0 bridgehead atoms. The van der Waals surface area contributed by atoms with Crippen molar-refractivity contribution in [3.05, 3.63) is 35.4 Å². The van der Waals surface area contributed by atoms with Crippen LogP contribution in [0.5, 0.6) is 0 Å². The second-order valence-corrected chi connectivity index (χ2v) is 5.57. The van der Waals surface area contributed by atoms with Crippen LogP contribution in [0.3, 0.4) is 0 Å². The van der Waals surface area contributed by atoms with Gasteiger partial charge < -0.3 is 16.4 Å². The highest BCUT2D eigenvalue weighted by atomic mass is 16.1. The lowest BCUT2D eigenvalue weighted by Crippen LogP contribution is -2.36. The Hall–Kier alpha value is -1.39. The molecule has 0 saturated carbocycles. The fourth-order valence-electron chi connectivity index (χ4n) is 1.95. The topological polar surface area (TPSA) is 67.2 Å². The van der Waals surface area contributed by atoms with Gasteiger partial charge in [-0.15, -0.1) is 0 Å². The summed E-state index contributed by atoms with van der Waals surface area (Å²) in [7, 11) is 0. The molecule has 0 saturated heterocycles. The van der Waals surface area contributed by atoms with Crippen LogP contribution in [-0.2, 0) is 0 Å². The monoisotopic (exact) mass is 277 g/mol. The van der Waals surface area contributed by atoms with Crippen LogP contribution >= 0.6 is 0 Å². The number of rotatable bonds is 8. The van der Waals surface area contributed by atoms with Gasteiger partial charge in [-0.1, -0.05) is 31.5 Å². The van der Waals surface area contributed by atoms with Crippen molar-refractivity contribution >= 4 is 5.91 Å². The van der Waals surface area contributed by atoms with Gasteiger partial charge in [-0.3, -0.25) is 4.79 Å². The van der Waals surface area contributed by atoms with Gasteiger partial charge in [0, 0.05) is 18.7 Å². The van der Waals surface area contributed by atoms with Gasteiger partial charge in [0.25, 0.3) is 5.91 Å². The molecule has 1 aromatic carbocycles. The van der Waals surface area contributed by atoms with E-state index in [1.165, 1.54) is 0 Å². The molecule has 4 nitrogen and oxygen atoms in total. The molecule has 1 aromatic rings. The van der Waals surface area contributed by atoms with Crippen molar-refractivity contribution in [3.63, 3.8) is 0 Å². The van der Waals surface area contributed by atoms with Crippen LogP contribution in [-0.4, -0.2) is 32.1 Å². The second-order valence-electron chi connectivity index (χ2n) is 5.57. The van der Waals surface area contributed by atoms with Crippen molar-refractivity contribution in [2.45, 2.75) is 20.8 Å². The summed E-state index contributed by atoms with van der Waals surface area (Å²) in [6, 6.07) is 7.59. The van der Waals surface area contributed by atoms with Crippen LogP contribution < -0.4 is 16.4 Å². The first-order valence-corrected chi connectivity index (χ1v) is 7.30. The molecule has 0 aromatic heterocycles. The lowest BCUT2D eigenvalue weighted by atomic mass is 9.96. The van der Waals surface area contributed by atoms with Gasteiger partial charge in [0.1, 0.15) is 0 Å². The number of benzene rings is 1. The van der Waals surface area contributed by atoms with E-state index in [0.717, 1.165) is 18.7 Å². The minimum Gasteiger partial charge on any atom is -0.351 e. The van der Waals surface area contributed by atoms with Crippen molar-refractivity contribution in [3.8, 4) is 0 Å². The molecule has 4 N–H and O–H groups in total. The quantitative estimate of drug-likeness (QED) is 0.632. The Bertz CT molecular complexity index is 401. The molecule has 20 heavy (non-hydrogen) atoms. The molecule has 1 amide bonds. The van der Waals surface area contributed by atoms with Gasteiger partial charge in [0.05, 0.1) is 0 Å². The molecule has 0 aliphatic heterocycles. The fourth-order valence-corrected chi connectivity index (χ4v) is 1.95. The summed E-state index contributed by atoms with van der Waals surface area (Å²) in [5.41, 5.74) is 7.58. The van der Waals surface area contributed by atoms with Gasteiger partial charge >= 0.3 is 0 Å². The van der Waals surface area contributed by atoms with E-state index in [-0.39, 0.29) is 5.91 Å². The largest absolute Gasteiger partial charge is 0.351 e. The summed E-state index contributed by atoms with van der Waals surface area (Å²) in [5.74, 6) is 1.04. The summed E-state index contributed by atoms with van der Waals surface area (Å²) in [6.45, 7) is 9.35. The van der Waals surface area contributed by atoms with Gasteiger partial charge in [0.15, 0.2) is 0 Å². The van der Waals surface area contributed by atoms with E-state index in [9.17, 15) is 4.79 Å². The fraction of sp³-hybridized carbons (Fsp3) is 0.562. The van der Waals surface area contributed by atoms with Gasteiger partial charge in [-0.25, -0.2) is 0 Å². The number of aryl methyl sites for hydroxylation is 1. The van der Waals surface area contributed by atoms with E-state index in [2.05, 4.69) is 24.5 Å². The van der Waals surface area contributed by atoms with Crippen molar-refractivity contribution in [1.82, 2.24) is 10.6 Å². The van der Waals surface area contributed by atoms with Crippen LogP contribution in [0.2, 0.25) is 0 Å². The van der Waals surface area contributed by atoms with Crippen molar-refractivity contribution in [2.75, 3.05) is 26.2 Å². The predicted molar refractivity (Wildman–Crippen MR) is 83.8 cm³/mol. The minimum atomic E-state index is -0.0222.